The van der Waals surface area contributed by atoms with Crippen molar-refractivity contribution in [2.24, 2.45) is 0 Å². The molecular formula is C19H23ClN2O2S. The number of nitrogens with zero attached hydrogens (tertiary/aromatic N) is 2. The van der Waals surface area contributed by atoms with E-state index < -0.39 is 10.0 Å². The van der Waals surface area contributed by atoms with E-state index in [9.17, 15) is 8.42 Å². The SMILES string of the molecule is Cc1ccccc1S(=O)(=O)N1CCN(CCc2ccc(Cl)cc2)CC1. The molecule has 0 amide bonds. The Morgan fingerprint density at radius 1 is 0.960 bits per heavy atom. The summed E-state index contributed by atoms with van der Waals surface area (Å²) in [5, 5.41) is 0.749. The third kappa shape index (κ3) is 4.42. The second-order valence-corrected chi connectivity index (χ2v) is 8.73. The van der Waals surface area contributed by atoms with E-state index in [0.717, 1.165) is 36.6 Å². The Balaban J connectivity index is 1.56. The molecule has 0 N–H and O–H groups in total. The third-order valence-electron chi connectivity index (χ3n) is 4.67. The fourth-order valence-electron chi connectivity index (χ4n) is 3.12. The largest absolute Gasteiger partial charge is 0.300 e. The molecule has 0 saturated carbocycles. The second kappa shape index (κ2) is 7.87. The summed E-state index contributed by atoms with van der Waals surface area (Å²) in [6.07, 6.45) is 0.946. The van der Waals surface area contributed by atoms with Crippen molar-refractivity contribution in [3.05, 3.63) is 64.7 Å². The van der Waals surface area contributed by atoms with Gasteiger partial charge >= 0.3 is 0 Å². The van der Waals surface area contributed by atoms with Gasteiger partial charge in [0.25, 0.3) is 0 Å². The van der Waals surface area contributed by atoms with Gasteiger partial charge in [-0.1, -0.05) is 41.9 Å². The highest BCUT2D eigenvalue weighted by Crippen LogP contribution is 2.21. The molecule has 1 heterocycles. The van der Waals surface area contributed by atoms with Gasteiger partial charge in [-0.3, -0.25) is 0 Å². The first-order chi connectivity index (χ1) is 12.0. The summed E-state index contributed by atoms with van der Waals surface area (Å²) < 4.78 is 27.2. The molecule has 25 heavy (non-hydrogen) atoms. The van der Waals surface area contributed by atoms with Crippen LogP contribution in [0.4, 0.5) is 0 Å². The zero-order chi connectivity index (χ0) is 17.9. The van der Waals surface area contributed by atoms with Crippen molar-refractivity contribution in [2.45, 2.75) is 18.2 Å². The molecule has 134 valence electrons. The summed E-state index contributed by atoms with van der Waals surface area (Å²) in [4.78, 5) is 2.74. The first kappa shape index (κ1) is 18.4. The molecular weight excluding hydrogens is 356 g/mol. The van der Waals surface area contributed by atoms with Gasteiger partial charge in [-0.15, -0.1) is 0 Å². The topological polar surface area (TPSA) is 40.6 Å². The molecule has 6 heteroatoms. The number of halogens is 1. The molecule has 4 nitrogen and oxygen atoms in total. The highest BCUT2D eigenvalue weighted by molar-refractivity contribution is 7.89. The molecule has 1 fully saturated rings. The zero-order valence-electron chi connectivity index (χ0n) is 14.4. The van der Waals surface area contributed by atoms with Crippen LogP contribution in [0.25, 0.3) is 0 Å². The monoisotopic (exact) mass is 378 g/mol. The van der Waals surface area contributed by atoms with Crippen LogP contribution in [-0.4, -0.2) is 50.3 Å². The van der Waals surface area contributed by atoms with E-state index in [4.69, 9.17) is 11.6 Å². The summed E-state index contributed by atoms with van der Waals surface area (Å²) in [6, 6.07) is 15.1. The van der Waals surface area contributed by atoms with Crippen molar-refractivity contribution in [3.8, 4) is 0 Å². The molecule has 1 saturated heterocycles. The summed E-state index contributed by atoms with van der Waals surface area (Å²) in [7, 11) is -3.40. The number of rotatable bonds is 5. The second-order valence-electron chi connectivity index (χ2n) is 6.39. The Hall–Kier alpha value is -1.40. The standard InChI is InChI=1S/C19H23ClN2O2S/c1-16-4-2-3-5-19(16)25(23,24)22-14-12-21(13-15-22)11-10-17-6-8-18(20)9-7-17/h2-9H,10-15H2,1H3. The lowest BCUT2D eigenvalue weighted by Crippen LogP contribution is -2.49. The number of aryl methyl sites for hydroxylation is 1. The molecule has 2 aromatic rings. The molecule has 1 aliphatic rings. The highest BCUT2D eigenvalue weighted by atomic mass is 35.5. The molecule has 0 aromatic heterocycles. The van der Waals surface area contributed by atoms with Crippen molar-refractivity contribution in [2.75, 3.05) is 32.7 Å². The Morgan fingerprint density at radius 3 is 2.24 bits per heavy atom. The van der Waals surface area contributed by atoms with E-state index in [1.54, 1.807) is 16.4 Å². The Bertz CT molecular complexity index is 814. The van der Waals surface area contributed by atoms with Gasteiger partial charge in [0.2, 0.25) is 10.0 Å². The zero-order valence-corrected chi connectivity index (χ0v) is 15.9. The third-order valence-corrected chi connectivity index (χ3v) is 6.98. The first-order valence-electron chi connectivity index (χ1n) is 8.49. The molecule has 0 radical (unpaired) electrons. The van der Waals surface area contributed by atoms with Crippen molar-refractivity contribution < 1.29 is 8.42 Å². The van der Waals surface area contributed by atoms with Crippen LogP contribution in [0.1, 0.15) is 11.1 Å². The first-order valence-corrected chi connectivity index (χ1v) is 10.3. The predicted octanol–water partition coefficient (Wildman–Crippen LogP) is 3.20. The van der Waals surface area contributed by atoms with Gasteiger partial charge < -0.3 is 4.90 Å². The lowest BCUT2D eigenvalue weighted by molar-refractivity contribution is 0.190. The van der Waals surface area contributed by atoms with E-state index in [1.165, 1.54) is 5.56 Å². The van der Waals surface area contributed by atoms with E-state index >= 15 is 0 Å². The normalized spacial score (nSPS) is 16.9. The quantitative estimate of drug-likeness (QED) is 0.802. The van der Waals surface area contributed by atoms with Gasteiger partial charge in [0.1, 0.15) is 0 Å². The smallest absolute Gasteiger partial charge is 0.243 e. The van der Waals surface area contributed by atoms with Crippen LogP contribution in [0.5, 0.6) is 0 Å². The lowest BCUT2D eigenvalue weighted by Gasteiger charge is -2.34. The van der Waals surface area contributed by atoms with Crippen molar-refractivity contribution >= 4 is 21.6 Å². The lowest BCUT2D eigenvalue weighted by atomic mass is 10.1. The maximum atomic E-state index is 12.8. The van der Waals surface area contributed by atoms with Gasteiger partial charge in [-0.05, 0) is 42.7 Å². The maximum absolute atomic E-state index is 12.8. The van der Waals surface area contributed by atoms with Crippen LogP contribution < -0.4 is 0 Å². The van der Waals surface area contributed by atoms with Crippen molar-refractivity contribution in [3.63, 3.8) is 0 Å². The molecule has 1 aliphatic heterocycles. The van der Waals surface area contributed by atoms with Gasteiger partial charge in [-0.25, -0.2) is 8.42 Å². The van der Waals surface area contributed by atoms with Gasteiger partial charge in [0.05, 0.1) is 4.90 Å². The fraction of sp³-hybridized carbons (Fsp3) is 0.368. The van der Waals surface area contributed by atoms with Crippen molar-refractivity contribution in [1.82, 2.24) is 9.21 Å². The average Bonchev–Trinajstić information content (AvgIpc) is 2.62. The van der Waals surface area contributed by atoms with Crippen LogP contribution in [0.15, 0.2) is 53.4 Å². The van der Waals surface area contributed by atoms with Gasteiger partial charge in [0.15, 0.2) is 0 Å². The maximum Gasteiger partial charge on any atom is 0.243 e. The fourth-order valence-corrected chi connectivity index (χ4v) is 4.89. The van der Waals surface area contributed by atoms with Gasteiger partial charge in [-0.2, -0.15) is 4.31 Å². The summed E-state index contributed by atoms with van der Waals surface area (Å²) in [5.41, 5.74) is 2.05. The number of benzene rings is 2. The highest BCUT2D eigenvalue weighted by Gasteiger charge is 2.29. The number of hydrogen-bond donors (Lipinski definition) is 0. The number of sulfonamides is 1. The minimum Gasteiger partial charge on any atom is -0.300 e. The molecule has 0 aliphatic carbocycles. The van der Waals surface area contributed by atoms with Crippen LogP contribution >= 0.6 is 11.6 Å². The minimum atomic E-state index is -3.40. The molecule has 0 spiro atoms. The van der Waals surface area contributed by atoms with Crippen LogP contribution in [0.3, 0.4) is 0 Å². The van der Waals surface area contributed by atoms with Gasteiger partial charge in [0, 0.05) is 37.7 Å². The van der Waals surface area contributed by atoms with E-state index in [1.807, 2.05) is 43.3 Å². The van der Waals surface area contributed by atoms with E-state index in [2.05, 4.69) is 4.90 Å². The molecule has 0 bridgehead atoms. The molecule has 2 aromatic carbocycles. The molecule has 0 atom stereocenters. The van der Waals surface area contributed by atoms with E-state index in [-0.39, 0.29) is 0 Å². The Labute approximate surface area is 155 Å². The van der Waals surface area contributed by atoms with Crippen molar-refractivity contribution in [1.29, 1.82) is 0 Å². The summed E-state index contributed by atoms with van der Waals surface area (Å²) in [5.74, 6) is 0. The Morgan fingerprint density at radius 2 is 1.60 bits per heavy atom. The van der Waals surface area contributed by atoms with E-state index in [0.29, 0.717) is 18.0 Å². The number of hydrogen-bond acceptors (Lipinski definition) is 3. The Kier molecular flexibility index (Phi) is 5.79. The summed E-state index contributed by atoms with van der Waals surface area (Å²) in [6.45, 7) is 5.38. The summed E-state index contributed by atoms with van der Waals surface area (Å²) >= 11 is 5.91. The average molecular weight is 379 g/mol. The number of piperazine rings is 1. The minimum absolute atomic E-state index is 0.421. The molecule has 0 unspecified atom stereocenters. The van der Waals surface area contributed by atoms with Crippen LogP contribution in [-0.2, 0) is 16.4 Å². The van der Waals surface area contributed by atoms with Crippen LogP contribution in [0, 0.1) is 6.92 Å². The molecule has 3 rings (SSSR count). The van der Waals surface area contributed by atoms with Crippen LogP contribution in [0.2, 0.25) is 5.02 Å². The predicted molar refractivity (Wildman–Crippen MR) is 102 cm³/mol.